The number of anilines is 1. The zero-order chi connectivity index (χ0) is 15.2. The molecule has 1 aliphatic rings. The Morgan fingerprint density at radius 2 is 2.38 bits per heavy atom. The highest BCUT2D eigenvalue weighted by Crippen LogP contribution is 2.27. The number of benzene rings is 1. The van der Waals surface area contributed by atoms with E-state index in [2.05, 4.69) is 10.6 Å². The van der Waals surface area contributed by atoms with Crippen LogP contribution < -0.4 is 15.4 Å². The van der Waals surface area contributed by atoms with Gasteiger partial charge in [-0.15, -0.1) is 0 Å². The van der Waals surface area contributed by atoms with E-state index < -0.39 is 0 Å². The molecule has 0 aliphatic carbocycles. The first-order valence-corrected chi connectivity index (χ1v) is 7.46. The first kappa shape index (κ1) is 15.9. The molecule has 1 aromatic carbocycles. The fourth-order valence-electron chi connectivity index (χ4n) is 2.39. The predicted octanol–water partition coefficient (Wildman–Crippen LogP) is 2.44. The second-order valence-electron chi connectivity index (χ2n) is 5.11. The van der Waals surface area contributed by atoms with Gasteiger partial charge in [0.2, 0.25) is 5.91 Å². The number of carbonyl (C=O) groups is 1. The largest absolute Gasteiger partial charge is 0.495 e. The molecule has 1 aliphatic heterocycles. The van der Waals surface area contributed by atoms with Gasteiger partial charge in [0.25, 0.3) is 0 Å². The molecule has 0 spiro atoms. The van der Waals surface area contributed by atoms with Crippen LogP contribution in [-0.4, -0.2) is 38.3 Å². The van der Waals surface area contributed by atoms with Gasteiger partial charge in [0.05, 0.1) is 31.5 Å². The first-order chi connectivity index (χ1) is 10.1. The van der Waals surface area contributed by atoms with Crippen molar-refractivity contribution in [2.75, 3.05) is 25.6 Å². The highest BCUT2D eigenvalue weighted by atomic mass is 35.5. The van der Waals surface area contributed by atoms with Crippen molar-refractivity contribution in [3.8, 4) is 5.75 Å². The molecule has 1 aromatic rings. The fourth-order valence-corrected chi connectivity index (χ4v) is 2.56. The van der Waals surface area contributed by atoms with E-state index in [4.69, 9.17) is 21.1 Å². The molecule has 1 amide bonds. The molecule has 1 saturated heterocycles. The molecule has 1 heterocycles. The number of halogens is 1. The second kappa shape index (κ2) is 7.52. The Labute approximate surface area is 130 Å². The molecule has 0 radical (unpaired) electrons. The number of carbonyl (C=O) groups excluding carboxylic acids is 1. The molecule has 2 rings (SSSR count). The van der Waals surface area contributed by atoms with E-state index in [1.54, 1.807) is 25.3 Å². The molecule has 5 nitrogen and oxygen atoms in total. The molecule has 1 fully saturated rings. The number of hydrogen-bond acceptors (Lipinski definition) is 4. The van der Waals surface area contributed by atoms with Crippen LogP contribution in [0.4, 0.5) is 5.69 Å². The van der Waals surface area contributed by atoms with Gasteiger partial charge in [-0.1, -0.05) is 11.6 Å². The lowest BCUT2D eigenvalue weighted by molar-refractivity contribution is -0.120. The lowest BCUT2D eigenvalue weighted by Gasteiger charge is -2.20. The standard InChI is InChI=1S/C15H21ClN2O3/c1-10(13-4-3-7-21-13)18-15(19)9-17-12-8-11(16)5-6-14(12)20-2/h5-6,8,10,13,17H,3-4,7,9H2,1-2H3,(H,18,19)/t10-,13+/m0/s1. The number of ether oxygens (including phenoxy) is 2. The third-order valence-corrected chi connectivity index (χ3v) is 3.75. The molecule has 6 heteroatoms. The van der Waals surface area contributed by atoms with Crippen LogP contribution in [0.15, 0.2) is 18.2 Å². The molecule has 0 aromatic heterocycles. The maximum Gasteiger partial charge on any atom is 0.239 e. The van der Waals surface area contributed by atoms with Gasteiger partial charge in [0, 0.05) is 11.6 Å². The summed E-state index contributed by atoms with van der Waals surface area (Å²) in [6.45, 7) is 2.91. The Morgan fingerprint density at radius 3 is 3.05 bits per heavy atom. The molecule has 116 valence electrons. The Kier molecular flexibility index (Phi) is 5.70. The van der Waals surface area contributed by atoms with Crippen LogP contribution in [-0.2, 0) is 9.53 Å². The molecular formula is C15H21ClN2O3. The van der Waals surface area contributed by atoms with Crippen molar-refractivity contribution in [1.29, 1.82) is 0 Å². The van der Waals surface area contributed by atoms with Crippen LogP contribution in [0, 0.1) is 0 Å². The molecule has 2 N–H and O–H groups in total. The lowest BCUT2D eigenvalue weighted by atomic mass is 10.1. The average molecular weight is 313 g/mol. The average Bonchev–Trinajstić information content (AvgIpc) is 2.99. The van der Waals surface area contributed by atoms with Gasteiger partial charge in [0.1, 0.15) is 5.75 Å². The quantitative estimate of drug-likeness (QED) is 0.847. The predicted molar refractivity (Wildman–Crippen MR) is 83.1 cm³/mol. The van der Waals surface area contributed by atoms with Gasteiger partial charge in [-0.3, -0.25) is 4.79 Å². The van der Waals surface area contributed by atoms with Crippen LogP contribution in [0.5, 0.6) is 5.75 Å². The topological polar surface area (TPSA) is 59.6 Å². The summed E-state index contributed by atoms with van der Waals surface area (Å²) in [6, 6.07) is 5.25. The maximum absolute atomic E-state index is 12.0. The van der Waals surface area contributed by atoms with Crippen molar-refractivity contribution in [3.05, 3.63) is 23.2 Å². The highest BCUT2D eigenvalue weighted by Gasteiger charge is 2.23. The third kappa shape index (κ3) is 4.51. The number of methoxy groups -OCH3 is 1. The summed E-state index contributed by atoms with van der Waals surface area (Å²) in [5, 5.41) is 6.57. The van der Waals surface area contributed by atoms with Crippen LogP contribution in [0.2, 0.25) is 5.02 Å². The van der Waals surface area contributed by atoms with Crippen LogP contribution in [0.3, 0.4) is 0 Å². The summed E-state index contributed by atoms with van der Waals surface area (Å²) >= 11 is 5.95. The minimum Gasteiger partial charge on any atom is -0.495 e. The minimum atomic E-state index is -0.0833. The Bertz CT molecular complexity index is 490. The Morgan fingerprint density at radius 1 is 1.57 bits per heavy atom. The minimum absolute atomic E-state index is 0.0167. The summed E-state index contributed by atoms with van der Waals surface area (Å²) in [6.07, 6.45) is 2.18. The molecular weight excluding hydrogens is 292 g/mol. The normalized spacial score (nSPS) is 19.1. The molecule has 2 atom stereocenters. The van der Waals surface area contributed by atoms with Gasteiger partial charge >= 0.3 is 0 Å². The van der Waals surface area contributed by atoms with Gasteiger partial charge in [0.15, 0.2) is 0 Å². The molecule has 0 unspecified atom stereocenters. The SMILES string of the molecule is COc1ccc(Cl)cc1NCC(=O)N[C@@H](C)[C@H]1CCCO1. The molecule has 0 saturated carbocycles. The van der Waals surface area contributed by atoms with Crippen LogP contribution in [0.1, 0.15) is 19.8 Å². The van der Waals surface area contributed by atoms with Gasteiger partial charge in [-0.25, -0.2) is 0 Å². The zero-order valence-electron chi connectivity index (χ0n) is 12.3. The first-order valence-electron chi connectivity index (χ1n) is 7.08. The smallest absolute Gasteiger partial charge is 0.239 e. The van der Waals surface area contributed by atoms with Gasteiger partial charge < -0.3 is 20.1 Å². The van der Waals surface area contributed by atoms with Gasteiger partial charge in [-0.2, -0.15) is 0 Å². The highest BCUT2D eigenvalue weighted by molar-refractivity contribution is 6.30. The van der Waals surface area contributed by atoms with Crippen molar-refractivity contribution in [2.24, 2.45) is 0 Å². The van der Waals surface area contributed by atoms with E-state index in [0.29, 0.717) is 16.5 Å². The van der Waals surface area contributed by atoms with Crippen molar-refractivity contribution < 1.29 is 14.3 Å². The van der Waals surface area contributed by atoms with E-state index in [1.807, 2.05) is 6.92 Å². The van der Waals surface area contributed by atoms with E-state index >= 15 is 0 Å². The van der Waals surface area contributed by atoms with Crippen molar-refractivity contribution in [2.45, 2.75) is 31.9 Å². The number of amides is 1. The second-order valence-corrected chi connectivity index (χ2v) is 5.54. The van der Waals surface area contributed by atoms with E-state index in [0.717, 1.165) is 19.4 Å². The summed E-state index contributed by atoms with van der Waals surface area (Å²) in [5.41, 5.74) is 0.699. The van der Waals surface area contributed by atoms with E-state index in [1.165, 1.54) is 0 Å². The summed E-state index contributed by atoms with van der Waals surface area (Å²) in [5.74, 6) is 0.569. The number of rotatable bonds is 6. The van der Waals surface area contributed by atoms with Crippen LogP contribution >= 0.6 is 11.6 Å². The summed E-state index contributed by atoms with van der Waals surface area (Å²) in [4.78, 5) is 12.0. The van der Waals surface area contributed by atoms with Crippen molar-refractivity contribution in [3.63, 3.8) is 0 Å². The van der Waals surface area contributed by atoms with Crippen LogP contribution in [0.25, 0.3) is 0 Å². The maximum atomic E-state index is 12.0. The lowest BCUT2D eigenvalue weighted by Crippen LogP contribution is -2.43. The Balaban J connectivity index is 1.84. The zero-order valence-corrected chi connectivity index (χ0v) is 13.1. The number of nitrogens with one attached hydrogen (secondary N) is 2. The summed E-state index contributed by atoms with van der Waals surface area (Å²) < 4.78 is 10.8. The Hall–Kier alpha value is -1.46. The molecule has 21 heavy (non-hydrogen) atoms. The number of hydrogen-bond donors (Lipinski definition) is 2. The van der Waals surface area contributed by atoms with Crippen molar-refractivity contribution in [1.82, 2.24) is 5.32 Å². The van der Waals surface area contributed by atoms with E-state index in [-0.39, 0.29) is 24.6 Å². The van der Waals surface area contributed by atoms with E-state index in [9.17, 15) is 4.79 Å². The monoisotopic (exact) mass is 312 g/mol. The van der Waals surface area contributed by atoms with Gasteiger partial charge in [-0.05, 0) is 38.0 Å². The third-order valence-electron chi connectivity index (χ3n) is 3.51. The molecule has 0 bridgehead atoms. The fraction of sp³-hybridized carbons (Fsp3) is 0.533. The summed E-state index contributed by atoms with van der Waals surface area (Å²) in [7, 11) is 1.58. The van der Waals surface area contributed by atoms with Crippen molar-refractivity contribution >= 4 is 23.2 Å².